The van der Waals surface area contributed by atoms with E-state index in [0.29, 0.717) is 6.61 Å². The molecule has 5 nitrogen and oxygen atoms in total. The summed E-state index contributed by atoms with van der Waals surface area (Å²) in [5.74, 6) is 1.88. The minimum atomic E-state index is -0.731. The third kappa shape index (κ3) is 3.42. The molecule has 0 unspecified atom stereocenters. The van der Waals surface area contributed by atoms with Gasteiger partial charge in [-0.1, -0.05) is 36.3 Å². The van der Waals surface area contributed by atoms with Crippen LogP contribution in [-0.4, -0.2) is 43.6 Å². The van der Waals surface area contributed by atoms with Crippen molar-refractivity contribution in [2.45, 2.75) is 56.9 Å². The van der Waals surface area contributed by atoms with Crippen LogP contribution in [-0.2, 0) is 30.3 Å². The molecule has 0 aliphatic carbocycles. The molecule has 2 aliphatic rings. The Labute approximate surface area is 136 Å². The molecule has 1 aromatic rings. The maximum absolute atomic E-state index is 6.05. The fraction of sp³-hybridized carbons (Fsp3) is 0.556. The number of fused-ring (bicyclic) bond motifs is 1. The summed E-state index contributed by atoms with van der Waals surface area (Å²) in [6.45, 7) is 4.15. The Morgan fingerprint density at radius 3 is 2.52 bits per heavy atom. The van der Waals surface area contributed by atoms with Crippen molar-refractivity contribution < 1.29 is 23.7 Å². The summed E-state index contributed by atoms with van der Waals surface area (Å²) < 4.78 is 29.2. The Bertz CT molecular complexity index is 565. The molecule has 23 heavy (non-hydrogen) atoms. The predicted molar refractivity (Wildman–Crippen MR) is 83.3 cm³/mol. The first kappa shape index (κ1) is 16.4. The molecule has 0 aromatic heterocycles. The van der Waals surface area contributed by atoms with E-state index >= 15 is 0 Å². The third-order valence-corrected chi connectivity index (χ3v) is 4.02. The van der Waals surface area contributed by atoms with Crippen LogP contribution in [0.4, 0.5) is 0 Å². The first-order chi connectivity index (χ1) is 11.0. The molecule has 2 saturated heterocycles. The van der Waals surface area contributed by atoms with E-state index in [0.717, 1.165) is 5.56 Å². The van der Waals surface area contributed by atoms with E-state index < -0.39 is 24.3 Å². The van der Waals surface area contributed by atoms with Gasteiger partial charge in [-0.05, 0) is 19.4 Å². The lowest BCUT2D eigenvalue weighted by atomic mass is 9.99. The molecule has 0 saturated carbocycles. The highest BCUT2D eigenvalue weighted by molar-refractivity contribution is 5.14. The fourth-order valence-electron chi connectivity index (χ4n) is 3.02. The van der Waals surface area contributed by atoms with Gasteiger partial charge >= 0.3 is 0 Å². The number of ether oxygens (including phenoxy) is 5. The van der Waals surface area contributed by atoms with Gasteiger partial charge in [0.05, 0.1) is 6.61 Å². The average Bonchev–Trinajstić information content (AvgIpc) is 2.88. The van der Waals surface area contributed by atoms with E-state index in [9.17, 15) is 0 Å². The summed E-state index contributed by atoms with van der Waals surface area (Å²) in [5.41, 5.74) is 1.07. The summed E-state index contributed by atoms with van der Waals surface area (Å²) >= 11 is 0. The van der Waals surface area contributed by atoms with Crippen LogP contribution in [0.3, 0.4) is 0 Å². The zero-order valence-corrected chi connectivity index (χ0v) is 13.6. The van der Waals surface area contributed by atoms with Gasteiger partial charge in [-0.2, -0.15) is 0 Å². The van der Waals surface area contributed by atoms with Crippen molar-refractivity contribution in [2.75, 3.05) is 7.11 Å². The molecule has 0 bridgehead atoms. The van der Waals surface area contributed by atoms with E-state index in [-0.39, 0.29) is 12.2 Å². The maximum atomic E-state index is 6.05. The van der Waals surface area contributed by atoms with Crippen molar-refractivity contribution in [3.63, 3.8) is 0 Å². The largest absolute Gasteiger partial charge is 0.365 e. The molecule has 0 amide bonds. The van der Waals surface area contributed by atoms with Gasteiger partial charge in [-0.25, -0.2) is 0 Å². The van der Waals surface area contributed by atoms with Crippen LogP contribution >= 0.6 is 0 Å². The highest BCUT2D eigenvalue weighted by atomic mass is 16.8. The summed E-state index contributed by atoms with van der Waals surface area (Å²) in [6.07, 6.45) is 3.31. The van der Waals surface area contributed by atoms with Crippen molar-refractivity contribution in [3.05, 3.63) is 35.9 Å². The quantitative estimate of drug-likeness (QED) is 0.796. The first-order valence-electron chi connectivity index (χ1n) is 7.69. The smallest absolute Gasteiger partial charge is 0.187 e. The third-order valence-electron chi connectivity index (χ3n) is 4.02. The van der Waals surface area contributed by atoms with Crippen LogP contribution in [0.15, 0.2) is 30.3 Å². The highest BCUT2D eigenvalue weighted by Gasteiger charge is 2.55. The van der Waals surface area contributed by atoms with Gasteiger partial charge in [0.1, 0.15) is 24.4 Å². The fourth-order valence-corrected chi connectivity index (χ4v) is 3.02. The second-order valence-corrected chi connectivity index (χ2v) is 6.15. The Morgan fingerprint density at radius 1 is 1.17 bits per heavy atom. The number of hydrogen-bond donors (Lipinski definition) is 0. The molecule has 1 aromatic carbocycles. The Balaban J connectivity index is 1.77. The van der Waals surface area contributed by atoms with Crippen molar-refractivity contribution in [2.24, 2.45) is 0 Å². The molecule has 2 aliphatic heterocycles. The van der Waals surface area contributed by atoms with Gasteiger partial charge in [0.25, 0.3) is 0 Å². The van der Waals surface area contributed by atoms with Crippen LogP contribution in [0.1, 0.15) is 19.4 Å². The van der Waals surface area contributed by atoms with Gasteiger partial charge in [0.2, 0.25) is 0 Å². The monoisotopic (exact) mass is 318 g/mol. The molecular formula is C18H22O5. The standard InChI is InChI=1S/C18H22O5/c1-5-13-14-15(23-18(2,3)22-14)16(17(19-4)21-13)20-11-12-9-7-6-8-10-12/h1,6-10,13-17H,11H2,2-4H3/t13-,14+,15+,16-,17-/m1/s1. The molecule has 2 heterocycles. The van der Waals surface area contributed by atoms with Crippen LogP contribution in [0.2, 0.25) is 0 Å². The summed E-state index contributed by atoms with van der Waals surface area (Å²) in [7, 11) is 1.57. The van der Waals surface area contributed by atoms with Gasteiger partial charge in [-0.15, -0.1) is 6.42 Å². The number of rotatable bonds is 4. The molecule has 3 rings (SSSR count). The summed E-state index contributed by atoms with van der Waals surface area (Å²) in [5, 5.41) is 0. The van der Waals surface area contributed by atoms with Crippen LogP contribution in [0.5, 0.6) is 0 Å². The topological polar surface area (TPSA) is 46.2 Å². The SMILES string of the molecule is C#C[C@H]1O[C@@H](OC)[C@H](OCc2ccccc2)[C@H]2OC(C)(C)O[C@H]21. The number of methoxy groups -OCH3 is 1. The number of terminal acetylenes is 1. The second-order valence-electron chi connectivity index (χ2n) is 6.15. The normalized spacial score (nSPS) is 35.5. The summed E-state index contributed by atoms with van der Waals surface area (Å²) in [4.78, 5) is 0. The zero-order chi connectivity index (χ0) is 16.4. The Kier molecular flexibility index (Phi) is 4.72. The van der Waals surface area contributed by atoms with E-state index in [1.54, 1.807) is 7.11 Å². The van der Waals surface area contributed by atoms with Crippen LogP contribution in [0.25, 0.3) is 0 Å². The van der Waals surface area contributed by atoms with Crippen LogP contribution in [0, 0.1) is 12.3 Å². The molecule has 0 radical (unpaired) electrons. The van der Waals surface area contributed by atoms with Crippen molar-refractivity contribution in [1.82, 2.24) is 0 Å². The minimum absolute atomic E-state index is 0.339. The van der Waals surface area contributed by atoms with Crippen molar-refractivity contribution >= 4 is 0 Å². The molecule has 2 fully saturated rings. The lowest BCUT2D eigenvalue weighted by Crippen LogP contribution is -2.57. The van der Waals surface area contributed by atoms with Gasteiger partial charge in [0, 0.05) is 7.11 Å². The Morgan fingerprint density at radius 2 is 1.87 bits per heavy atom. The molecule has 5 atom stereocenters. The molecule has 124 valence electrons. The van der Waals surface area contributed by atoms with Gasteiger partial charge in [-0.3, -0.25) is 0 Å². The van der Waals surface area contributed by atoms with E-state index in [2.05, 4.69) is 5.92 Å². The Hall–Kier alpha value is -1.42. The number of benzene rings is 1. The average molecular weight is 318 g/mol. The number of hydrogen-bond acceptors (Lipinski definition) is 5. The molecule has 5 heteroatoms. The van der Waals surface area contributed by atoms with E-state index in [1.807, 2.05) is 44.2 Å². The van der Waals surface area contributed by atoms with Gasteiger partial charge in [0.15, 0.2) is 12.1 Å². The minimum Gasteiger partial charge on any atom is -0.365 e. The van der Waals surface area contributed by atoms with Crippen molar-refractivity contribution in [1.29, 1.82) is 0 Å². The lowest BCUT2D eigenvalue weighted by molar-refractivity contribution is -0.271. The van der Waals surface area contributed by atoms with E-state index in [4.69, 9.17) is 30.1 Å². The lowest BCUT2D eigenvalue weighted by Gasteiger charge is -2.39. The maximum Gasteiger partial charge on any atom is 0.187 e. The first-order valence-corrected chi connectivity index (χ1v) is 7.69. The second kappa shape index (κ2) is 6.60. The van der Waals surface area contributed by atoms with Crippen LogP contribution < -0.4 is 0 Å². The summed E-state index contributed by atoms with van der Waals surface area (Å²) in [6, 6.07) is 9.92. The van der Waals surface area contributed by atoms with E-state index in [1.165, 1.54) is 0 Å². The molecule has 0 N–H and O–H groups in total. The van der Waals surface area contributed by atoms with Gasteiger partial charge < -0.3 is 23.7 Å². The molecular weight excluding hydrogens is 296 g/mol. The van der Waals surface area contributed by atoms with Crippen molar-refractivity contribution in [3.8, 4) is 12.3 Å². The zero-order valence-electron chi connectivity index (χ0n) is 13.6. The predicted octanol–water partition coefficient (Wildman–Crippen LogP) is 2.10. The highest BCUT2D eigenvalue weighted by Crippen LogP contribution is 2.38. The molecule has 0 spiro atoms.